The largest absolute Gasteiger partial charge is 0.464 e. The van der Waals surface area contributed by atoms with Gasteiger partial charge in [-0.25, -0.2) is 0 Å². The van der Waals surface area contributed by atoms with Crippen LogP contribution in [-0.4, -0.2) is 37.9 Å². The van der Waals surface area contributed by atoms with E-state index in [1.54, 1.807) is 56.3 Å². The Hall–Kier alpha value is -4.31. The van der Waals surface area contributed by atoms with E-state index in [0.717, 1.165) is 37.2 Å². The molecule has 1 unspecified atom stereocenters. The summed E-state index contributed by atoms with van der Waals surface area (Å²) in [5.41, 5.74) is 3.52. The molecule has 11 heteroatoms. The van der Waals surface area contributed by atoms with Gasteiger partial charge in [-0.05, 0) is 74.0 Å². The molecule has 0 fully saturated rings. The number of carbonyl (C=O) groups is 2. The van der Waals surface area contributed by atoms with Crippen molar-refractivity contribution in [3.05, 3.63) is 71.8 Å². The minimum absolute atomic E-state index is 0.195. The fourth-order valence-electron chi connectivity index (χ4n) is 4.46. The Morgan fingerprint density at radius 3 is 1.91 bits per heavy atom. The molecular formula is C36H46ClN5O5. The summed E-state index contributed by atoms with van der Waals surface area (Å²) >= 11 is 6.48. The molecule has 0 radical (unpaired) electrons. The van der Waals surface area contributed by atoms with E-state index in [2.05, 4.69) is 39.2 Å². The third-order valence-corrected chi connectivity index (χ3v) is 7.50. The lowest BCUT2D eigenvalue weighted by Gasteiger charge is -2.22. The summed E-state index contributed by atoms with van der Waals surface area (Å²) in [5.74, 6) is 0.00368. The third kappa shape index (κ3) is 13.5. The van der Waals surface area contributed by atoms with Crippen molar-refractivity contribution >= 4 is 52.0 Å². The van der Waals surface area contributed by atoms with Gasteiger partial charge < -0.3 is 19.1 Å². The molecule has 0 aliphatic heterocycles. The van der Waals surface area contributed by atoms with Crippen LogP contribution >= 0.6 is 11.6 Å². The number of likely N-dealkylation sites (N-methyl/N-ethyl adjacent to an activating group) is 1. The molecule has 0 heterocycles. The van der Waals surface area contributed by atoms with Crippen molar-refractivity contribution in [2.24, 2.45) is 20.5 Å². The standard InChI is InChI=1S/C36H46ClN5O5/c1-5-9-10-11-12-13-36(47-35(44)7-3)46-31-22-23-33(32(37)26-31)41-40-28-16-14-27(15-17-28)38-39-29-18-20-30(21-19-29)42(8-4)24-25-45-34(43)6-2/h14-23,26,36H,5-13,24-25H2,1-4H3/b39-38+,41-40+. The van der Waals surface area contributed by atoms with E-state index in [1.165, 1.54) is 12.8 Å². The maximum absolute atomic E-state index is 11.9. The average Bonchev–Trinajstić information content (AvgIpc) is 3.09. The van der Waals surface area contributed by atoms with E-state index < -0.39 is 6.29 Å². The zero-order chi connectivity index (χ0) is 33.9. The van der Waals surface area contributed by atoms with Gasteiger partial charge in [0, 0.05) is 37.6 Å². The molecule has 0 spiro atoms. The van der Waals surface area contributed by atoms with Gasteiger partial charge in [-0.3, -0.25) is 9.59 Å². The molecule has 0 aromatic heterocycles. The van der Waals surface area contributed by atoms with E-state index >= 15 is 0 Å². The van der Waals surface area contributed by atoms with E-state index in [9.17, 15) is 9.59 Å². The van der Waals surface area contributed by atoms with Gasteiger partial charge in [-0.1, -0.05) is 58.1 Å². The van der Waals surface area contributed by atoms with Crippen LogP contribution in [0.1, 0.15) is 79.1 Å². The molecule has 0 aliphatic carbocycles. The van der Waals surface area contributed by atoms with E-state index in [4.69, 9.17) is 25.8 Å². The van der Waals surface area contributed by atoms with Gasteiger partial charge >= 0.3 is 11.9 Å². The molecule has 0 bridgehead atoms. The maximum atomic E-state index is 11.9. The van der Waals surface area contributed by atoms with Crippen LogP contribution in [0.2, 0.25) is 5.02 Å². The predicted octanol–water partition coefficient (Wildman–Crippen LogP) is 11.0. The second-order valence-corrected chi connectivity index (χ2v) is 11.2. The Kier molecular flexibility index (Phi) is 16.4. The Morgan fingerprint density at radius 1 is 0.745 bits per heavy atom. The molecule has 0 saturated carbocycles. The second-order valence-electron chi connectivity index (χ2n) is 10.8. The first-order chi connectivity index (χ1) is 22.8. The highest BCUT2D eigenvalue weighted by molar-refractivity contribution is 6.33. The van der Waals surface area contributed by atoms with Gasteiger partial charge in [0.15, 0.2) is 0 Å². The Balaban J connectivity index is 1.55. The molecule has 3 aromatic carbocycles. The topological polar surface area (TPSA) is 115 Å². The number of halogens is 1. The van der Waals surface area contributed by atoms with Gasteiger partial charge in [0.2, 0.25) is 6.29 Å². The molecular weight excluding hydrogens is 618 g/mol. The highest BCUT2D eigenvalue weighted by atomic mass is 35.5. The maximum Gasteiger partial charge on any atom is 0.308 e. The molecule has 3 rings (SSSR count). The summed E-state index contributed by atoms with van der Waals surface area (Å²) in [4.78, 5) is 25.4. The number of anilines is 1. The van der Waals surface area contributed by atoms with Crippen molar-refractivity contribution in [1.29, 1.82) is 0 Å². The van der Waals surface area contributed by atoms with Gasteiger partial charge in [0.1, 0.15) is 18.0 Å². The van der Waals surface area contributed by atoms with Crippen molar-refractivity contribution in [2.75, 3.05) is 24.6 Å². The summed E-state index contributed by atoms with van der Waals surface area (Å²) in [6.07, 6.45) is 6.11. The summed E-state index contributed by atoms with van der Waals surface area (Å²) in [6.45, 7) is 9.54. The highest BCUT2D eigenvalue weighted by Crippen LogP contribution is 2.32. The number of benzene rings is 3. The lowest BCUT2D eigenvalue weighted by molar-refractivity contribution is -0.164. The minimum atomic E-state index is -0.663. The van der Waals surface area contributed by atoms with Crippen molar-refractivity contribution in [3.8, 4) is 5.75 Å². The number of ether oxygens (including phenoxy) is 3. The van der Waals surface area contributed by atoms with Crippen LogP contribution in [0.3, 0.4) is 0 Å². The molecule has 0 aliphatic rings. The van der Waals surface area contributed by atoms with Gasteiger partial charge in [0.25, 0.3) is 0 Å². The van der Waals surface area contributed by atoms with Crippen molar-refractivity contribution < 1.29 is 23.8 Å². The fourth-order valence-corrected chi connectivity index (χ4v) is 4.67. The number of carbonyl (C=O) groups excluding carboxylic acids is 2. The van der Waals surface area contributed by atoms with Crippen LogP contribution in [0.5, 0.6) is 5.75 Å². The molecule has 1 atom stereocenters. The Bertz CT molecular complexity index is 1450. The number of rotatable bonds is 20. The fraction of sp³-hybridized carbons (Fsp3) is 0.444. The summed E-state index contributed by atoms with van der Waals surface area (Å²) < 4.78 is 16.7. The van der Waals surface area contributed by atoms with Crippen LogP contribution in [0.25, 0.3) is 0 Å². The molecule has 3 aromatic rings. The number of azo groups is 2. The second kappa shape index (κ2) is 20.7. The Morgan fingerprint density at radius 2 is 1.34 bits per heavy atom. The molecule has 0 N–H and O–H groups in total. The molecule has 252 valence electrons. The smallest absolute Gasteiger partial charge is 0.308 e. The van der Waals surface area contributed by atoms with Crippen LogP contribution < -0.4 is 9.64 Å². The summed E-state index contributed by atoms with van der Waals surface area (Å²) in [6, 6.07) is 20.1. The molecule has 10 nitrogen and oxygen atoms in total. The van der Waals surface area contributed by atoms with Crippen molar-refractivity contribution in [2.45, 2.75) is 85.4 Å². The highest BCUT2D eigenvalue weighted by Gasteiger charge is 2.16. The van der Waals surface area contributed by atoms with Crippen molar-refractivity contribution in [3.63, 3.8) is 0 Å². The number of unbranched alkanes of at least 4 members (excludes halogenated alkanes) is 4. The van der Waals surface area contributed by atoms with Crippen molar-refractivity contribution in [1.82, 2.24) is 0 Å². The lowest BCUT2D eigenvalue weighted by atomic mass is 10.1. The predicted molar refractivity (Wildman–Crippen MR) is 186 cm³/mol. The van der Waals surface area contributed by atoms with E-state index in [-0.39, 0.29) is 18.4 Å². The Labute approximate surface area is 283 Å². The zero-order valence-corrected chi connectivity index (χ0v) is 28.6. The quantitative estimate of drug-likeness (QED) is 0.0514. The first kappa shape index (κ1) is 37.2. The third-order valence-electron chi connectivity index (χ3n) is 7.19. The van der Waals surface area contributed by atoms with Crippen LogP contribution in [0.15, 0.2) is 87.2 Å². The monoisotopic (exact) mass is 663 g/mol. The normalized spacial score (nSPS) is 11.9. The molecule has 0 saturated heterocycles. The molecule has 0 amide bonds. The van der Waals surface area contributed by atoms with Gasteiger partial charge in [-0.15, -0.1) is 5.11 Å². The number of hydrogen-bond acceptors (Lipinski definition) is 10. The first-order valence-electron chi connectivity index (χ1n) is 16.4. The number of hydrogen-bond donors (Lipinski definition) is 0. The van der Waals surface area contributed by atoms with Crippen LogP contribution in [-0.2, 0) is 19.1 Å². The summed E-state index contributed by atoms with van der Waals surface area (Å²) in [7, 11) is 0. The van der Waals surface area contributed by atoms with Gasteiger partial charge in [-0.2, -0.15) is 15.3 Å². The first-order valence-corrected chi connectivity index (χ1v) is 16.8. The van der Waals surface area contributed by atoms with Crippen LogP contribution in [0, 0.1) is 0 Å². The number of esters is 2. The van der Waals surface area contributed by atoms with Gasteiger partial charge in [0.05, 0.1) is 28.6 Å². The van der Waals surface area contributed by atoms with E-state index in [0.29, 0.717) is 53.8 Å². The number of nitrogens with zero attached hydrogens (tertiary/aromatic N) is 5. The van der Waals surface area contributed by atoms with Crippen LogP contribution in [0.4, 0.5) is 28.4 Å². The zero-order valence-electron chi connectivity index (χ0n) is 27.9. The average molecular weight is 664 g/mol. The molecule has 47 heavy (non-hydrogen) atoms. The lowest BCUT2D eigenvalue weighted by Crippen LogP contribution is -2.27. The minimum Gasteiger partial charge on any atom is -0.464 e. The van der Waals surface area contributed by atoms with E-state index in [1.807, 2.05) is 24.3 Å². The SMILES string of the molecule is CCCCCCCC(OC(=O)CC)Oc1ccc(/N=N/c2ccc(/N=N/c3ccc(N(CC)CCOC(=O)CC)cc3)cc2)c(Cl)c1. The summed E-state index contributed by atoms with van der Waals surface area (Å²) in [5, 5.41) is 17.6.